The van der Waals surface area contributed by atoms with Crippen molar-refractivity contribution >= 4 is 37.4 Å². The van der Waals surface area contributed by atoms with Gasteiger partial charge in [0.15, 0.2) is 0 Å². The number of methoxy groups -OCH3 is 1. The van der Waals surface area contributed by atoms with Crippen molar-refractivity contribution in [2.45, 2.75) is 13.3 Å². The van der Waals surface area contributed by atoms with E-state index in [1.54, 1.807) is 18.4 Å². The smallest absolute Gasteiger partial charge is 0.136 e. The molecule has 0 bridgehead atoms. The Kier molecular flexibility index (Phi) is 2.79. The maximum atomic E-state index is 5.33. The van der Waals surface area contributed by atoms with Gasteiger partial charge in [-0.15, -0.1) is 11.3 Å². The van der Waals surface area contributed by atoms with Gasteiger partial charge < -0.3 is 4.74 Å². The number of thiophene rings is 1. The second kappa shape index (κ2) is 3.91. The summed E-state index contributed by atoms with van der Waals surface area (Å²) in [5, 5.41) is 1.31. The molecule has 0 saturated carbocycles. The summed E-state index contributed by atoms with van der Waals surface area (Å²) in [6.45, 7) is 2.17. The second-order valence-electron chi connectivity index (χ2n) is 3.07. The van der Waals surface area contributed by atoms with Crippen LogP contribution in [0.2, 0.25) is 0 Å². The van der Waals surface area contributed by atoms with Crippen LogP contribution in [0.25, 0.3) is 10.1 Å². The zero-order chi connectivity index (χ0) is 10.1. The summed E-state index contributed by atoms with van der Waals surface area (Å²) in [7, 11) is 1.72. The van der Waals surface area contributed by atoms with E-state index in [-0.39, 0.29) is 0 Å². The van der Waals surface area contributed by atoms with E-state index in [9.17, 15) is 0 Å². The number of aryl methyl sites for hydroxylation is 1. The second-order valence-corrected chi connectivity index (χ2v) is 5.51. The summed E-state index contributed by atoms with van der Waals surface area (Å²) in [5.41, 5.74) is 1.38. The number of ether oxygens (including phenoxy) is 1. The van der Waals surface area contributed by atoms with E-state index in [0.717, 1.165) is 16.0 Å². The highest BCUT2D eigenvalue weighted by molar-refractivity contribution is 9.11. The SMILES string of the molecule is CCc1ccc(OC)c2sc(Br)cc12. The maximum Gasteiger partial charge on any atom is 0.136 e. The van der Waals surface area contributed by atoms with Crippen LogP contribution in [0.15, 0.2) is 22.0 Å². The quantitative estimate of drug-likeness (QED) is 0.794. The third-order valence-electron chi connectivity index (χ3n) is 2.31. The van der Waals surface area contributed by atoms with Crippen LogP contribution in [-0.4, -0.2) is 7.11 Å². The Labute approximate surface area is 95.8 Å². The molecule has 74 valence electrons. The van der Waals surface area contributed by atoms with Gasteiger partial charge in [0.2, 0.25) is 0 Å². The van der Waals surface area contributed by atoms with Gasteiger partial charge in [0.25, 0.3) is 0 Å². The van der Waals surface area contributed by atoms with Gasteiger partial charge in [-0.25, -0.2) is 0 Å². The van der Waals surface area contributed by atoms with Crippen molar-refractivity contribution in [1.29, 1.82) is 0 Å². The molecule has 2 aromatic rings. The van der Waals surface area contributed by atoms with Gasteiger partial charge in [0.05, 0.1) is 15.6 Å². The monoisotopic (exact) mass is 270 g/mol. The van der Waals surface area contributed by atoms with E-state index in [4.69, 9.17) is 4.74 Å². The Morgan fingerprint density at radius 1 is 1.43 bits per heavy atom. The summed E-state index contributed by atoms with van der Waals surface area (Å²) < 4.78 is 7.72. The van der Waals surface area contributed by atoms with Gasteiger partial charge in [-0.1, -0.05) is 13.0 Å². The molecule has 0 amide bonds. The van der Waals surface area contributed by atoms with Crippen LogP contribution >= 0.6 is 27.3 Å². The van der Waals surface area contributed by atoms with E-state index in [1.165, 1.54) is 15.6 Å². The Morgan fingerprint density at radius 2 is 2.21 bits per heavy atom. The number of rotatable bonds is 2. The topological polar surface area (TPSA) is 9.23 Å². The fourth-order valence-electron chi connectivity index (χ4n) is 1.59. The molecule has 0 spiro atoms. The molecule has 0 N–H and O–H groups in total. The van der Waals surface area contributed by atoms with Gasteiger partial charge in [-0.3, -0.25) is 0 Å². The number of halogens is 1. The van der Waals surface area contributed by atoms with Crippen LogP contribution < -0.4 is 4.74 Å². The third-order valence-corrected chi connectivity index (χ3v) is 3.96. The molecule has 0 radical (unpaired) electrons. The molecular formula is C11H11BrOS. The molecule has 14 heavy (non-hydrogen) atoms. The summed E-state index contributed by atoms with van der Waals surface area (Å²) in [6, 6.07) is 6.35. The van der Waals surface area contributed by atoms with Crippen molar-refractivity contribution in [2.24, 2.45) is 0 Å². The van der Waals surface area contributed by atoms with Gasteiger partial charge in [0.1, 0.15) is 5.75 Å². The standard InChI is InChI=1S/C11H11BrOS/c1-3-7-4-5-9(13-2)11-8(7)6-10(12)14-11/h4-6H,3H2,1-2H3. The lowest BCUT2D eigenvalue weighted by Crippen LogP contribution is -1.85. The predicted octanol–water partition coefficient (Wildman–Crippen LogP) is 4.23. The van der Waals surface area contributed by atoms with Crippen molar-refractivity contribution in [1.82, 2.24) is 0 Å². The van der Waals surface area contributed by atoms with Crippen LogP contribution in [0.3, 0.4) is 0 Å². The van der Waals surface area contributed by atoms with Gasteiger partial charge >= 0.3 is 0 Å². The normalized spacial score (nSPS) is 10.8. The molecule has 0 atom stereocenters. The minimum absolute atomic E-state index is 0.966. The van der Waals surface area contributed by atoms with Crippen LogP contribution in [0, 0.1) is 0 Å². The number of hydrogen-bond donors (Lipinski definition) is 0. The fourth-order valence-corrected chi connectivity index (χ4v) is 3.23. The molecular weight excluding hydrogens is 260 g/mol. The molecule has 1 nitrogen and oxygen atoms in total. The molecule has 3 heteroatoms. The van der Waals surface area contributed by atoms with Crippen LogP contribution in [0.4, 0.5) is 0 Å². The minimum Gasteiger partial charge on any atom is -0.495 e. The lowest BCUT2D eigenvalue weighted by Gasteiger charge is -2.04. The summed E-state index contributed by atoms with van der Waals surface area (Å²) in [4.78, 5) is 0. The summed E-state index contributed by atoms with van der Waals surface area (Å²) in [6.07, 6.45) is 1.06. The van der Waals surface area contributed by atoms with Crippen molar-refractivity contribution in [3.8, 4) is 5.75 Å². The zero-order valence-electron chi connectivity index (χ0n) is 8.13. The van der Waals surface area contributed by atoms with E-state index >= 15 is 0 Å². The largest absolute Gasteiger partial charge is 0.495 e. The first-order valence-electron chi connectivity index (χ1n) is 4.51. The first-order valence-corrected chi connectivity index (χ1v) is 6.12. The molecule has 0 aliphatic carbocycles. The molecule has 0 aliphatic rings. The number of hydrogen-bond acceptors (Lipinski definition) is 2. The van der Waals surface area contributed by atoms with E-state index in [2.05, 4.69) is 35.0 Å². The van der Waals surface area contributed by atoms with Crippen molar-refractivity contribution in [2.75, 3.05) is 7.11 Å². The summed E-state index contributed by atoms with van der Waals surface area (Å²) >= 11 is 5.24. The van der Waals surface area contributed by atoms with Gasteiger partial charge in [-0.2, -0.15) is 0 Å². The average Bonchev–Trinajstić information content (AvgIpc) is 2.57. The Balaban J connectivity index is 2.77. The maximum absolute atomic E-state index is 5.33. The summed E-state index contributed by atoms with van der Waals surface area (Å²) in [5.74, 6) is 0.966. The lowest BCUT2D eigenvalue weighted by molar-refractivity contribution is 0.420. The molecule has 1 heterocycles. The molecule has 0 unspecified atom stereocenters. The van der Waals surface area contributed by atoms with Crippen LogP contribution in [0.5, 0.6) is 5.75 Å². The van der Waals surface area contributed by atoms with Crippen molar-refractivity contribution in [3.63, 3.8) is 0 Å². The first kappa shape index (κ1) is 9.99. The highest BCUT2D eigenvalue weighted by Crippen LogP contribution is 2.38. The highest BCUT2D eigenvalue weighted by atomic mass is 79.9. The molecule has 1 aromatic carbocycles. The average molecular weight is 271 g/mol. The Bertz CT molecular complexity index is 421. The number of fused-ring (bicyclic) bond motifs is 1. The predicted molar refractivity (Wildman–Crippen MR) is 65.5 cm³/mol. The third kappa shape index (κ3) is 1.55. The van der Waals surface area contributed by atoms with E-state index in [0.29, 0.717) is 0 Å². The highest BCUT2D eigenvalue weighted by Gasteiger charge is 2.08. The molecule has 1 aromatic heterocycles. The molecule has 0 aliphatic heterocycles. The Hall–Kier alpha value is -0.540. The first-order chi connectivity index (χ1) is 6.76. The lowest BCUT2D eigenvalue weighted by atomic mass is 10.1. The zero-order valence-corrected chi connectivity index (χ0v) is 10.5. The Morgan fingerprint density at radius 3 is 2.86 bits per heavy atom. The fraction of sp³-hybridized carbons (Fsp3) is 0.273. The molecule has 2 rings (SSSR count). The minimum atomic E-state index is 0.966. The van der Waals surface area contributed by atoms with Crippen LogP contribution in [-0.2, 0) is 6.42 Å². The van der Waals surface area contributed by atoms with Crippen LogP contribution in [0.1, 0.15) is 12.5 Å². The molecule has 0 saturated heterocycles. The van der Waals surface area contributed by atoms with Gasteiger partial charge in [-0.05, 0) is 40.0 Å². The van der Waals surface area contributed by atoms with E-state index in [1.807, 2.05) is 6.07 Å². The van der Waals surface area contributed by atoms with Crippen molar-refractivity contribution < 1.29 is 4.74 Å². The molecule has 0 fully saturated rings. The number of benzene rings is 1. The van der Waals surface area contributed by atoms with Crippen molar-refractivity contribution in [3.05, 3.63) is 27.5 Å². The van der Waals surface area contributed by atoms with Gasteiger partial charge in [0, 0.05) is 5.39 Å². The van der Waals surface area contributed by atoms with E-state index < -0.39 is 0 Å².